The van der Waals surface area contributed by atoms with Crippen molar-refractivity contribution >= 4 is 15.9 Å². The van der Waals surface area contributed by atoms with Gasteiger partial charge in [0.15, 0.2) is 0 Å². The zero-order valence-electron chi connectivity index (χ0n) is 14.3. The third-order valence-corrected chi connectivity index (χ3v) is 5.30. The van der Waals surface area contributed by atoms with Crippen LogP contribution in [0.15, 0.2) is 59.5 Å². The Balaban J connectivity index is 1.85. The van der Waals surface area contributed by atoms with Gasteiger partial charge in [-0.05, 0) is 36.8 Å². The Bertz CT molecular complexity index is 805. The van der Waals surface area contributed by atoms with Gasteiger partial charge in [0.1, 0.15) is 5.75 Å². The normalized spacial score (nSPS) is 11.3. The SMILES string of the molecule is CN(C)S(=O)(=O)c1cccc(C(=O)NCCCOc2ccccc2)c1. The molecule has 0 atom stereocenters. The van der Waals surface area contributed by atoms with Crippen molar-refractivity contribution in [3.63, 3.8) is 0 Å². The molecule has 0 bridgehead atoms. The molecule has 2 aromatic rings. The molecule has 1 N–H and O–H groups in total. The van der Waals surface area contributed by atoms with E-state index in [0.29, 0.717) is 25.1 Å². The molecule has 0 aliphatic rings. The van der Waals surface area contributed by atoms with E-state index in [-0.39, 0.29) is 10.8 Å². The van der Waals surface area contributed by atoms with E-state index >= 15 is 0 Å². The molecule has 0 spiro atoms. The lowest BCUT2D eigenvalue weighted by atomic mass is 10.2. The number of nitrogens with one attached hydrogen (secondary N) is 1. The molecular formula is C18H22N2O4S. The van der Waals surface area contributed by atoms with Crippen molar-refractivity contribution in [2.45, 2.75) is 11.3 Å². The van der Waals surface area contributed by atoms with Crippen molar-refractivity contribution in [2.24, 2.45) is 0 Å². The lowest BCUT2D eigenvalue weighted by Gasteiger charge is -2.12. The van der Waals surface area contributed by atoms with Gasteiger partial charge in [-0.3, -0.25) is 4.79 Å². The summed E-state index contributed by atoms with van der Waals surface area (Å²) in [6, 6.07) is 15.4. The van der Waals surface area contributed by atoms with Gasteiger partial charge in [-0.25, -0.2) is 12.7 Å². The van der Waals surface area contributed by atoms with Gasteiger partial charge in [-0.1, -0.05) is 24.3 Å². The van der Waals surface area contributed by atoms with Gasteiger partial charge in [0.25, 0.3) is 5.91 Å². The van der Waals surface area contributed by atoms with Gasteiger partial charge in [-0.15, -0.1) is 0 Å². The molecule has 25 heavy (non-hydrogen) atoms. The third-order valence-electron chi connectivity index (χ3n) is 3.49. The predicted molar refractivity (Wildman–Crippen MR) is 96.2 cm³/mol. The maximum absolute atomic E-state index is 12.2. The van der Waals surface area contributed by atoms with Gasteiger partial charge >= 0.3 is 0 Å². The number of benzene rings is 2. The first kappa shape index (κ1) is 19.0. The first-order valence-corrected chi connectivity index (χ1v) is 9.34. The van der Waals surface area contributed by atoms with Crippen LogP contribution in [0.4, 0.5) is 0 Å². The standard InChI is InChI=1S/C18H22N2O4S/c1-20(2)25(22,23)17-11-6-8-15(14-17)18(21)19-12-7-13-24-16-9-4-3-5-10-16/h3-6,8-11,14H,7,12-13H2,1-2H3,(H,19,21). The minimum absolute atomic E-state index is 0.0950. The number of amides is 1. The zero-order valence-corrected chi connectivity index (χ0v) is 15.1. The molecule has 0 saturated heterocycles. The molecule has 0 saturated carbocycles. The van der Waals surface area contributed by atoms with Crippen molar-refractivity contribution in [3.8, 4) is 5.75 Å². The van der Waals surface area contributed by atoms with Crippen LogP contribution in [0.1, 0.15) is 16.8 Å². The van der Waals surface area contributed by atoms with Gasteiger partial charge < -0.3 is 10.1 Å². The second kappa shape index (κ2) is 8.64. The van der Waals surface area contributed by atoms with E-state index < -0.39 is 10.0 Å². The summed E-state index contributed by atoms with van der Waals surface area (Å²) in [5.74, 6) is 0.478. The molecule has 0 unspecified atom stereocenters. The summed E-state index contributed by atoms with van der Waals surface area (Å²) >= 11 is 0. The van der Waals surface area contributed by atoms with Crippen molar-refractivity contribution in [3.05, 3.63) is 60.2 Å². The summed E-state index contributed by atoms with van der Waals surface area (Å²) in [7, 11) is -0.653. The molecule has 7 heteroatoms. The highest BCUT2D eigenvalue weighted by Crippen LogP contribution is 2.15. The second-order valence-corrected chi connectivity index (χ2v) is 7.74. The minimum atomic E-state index is -3.56. The van der Waals surface area contributed by atoms with Gasteiger partial charge in [0.2, 0.25) is 10.0 Å². The fourth-order valence-corrected chi connectivity index (χ4v) is 3.04. The highest BCUT2D eigenvalue weighted by atomic mass is 32.2. The van der Waals surface area contributed by atoms with Crippen LogP contribution in [0.5, 0.6) is 5.75 Å². The topological polar surface area (TPSA) is 75.7 Å². The Hall–Kier alpha value is -2.38. The van der Waals surface area contributed by atoms with E-state index in [1.807, 2.05) is 30.3 Å². The number of carbonyl (C=O) groups is 1. The number of ether oxygens (including phenoxy) is 1. The van der Waals surface area contributed by atoms with Crippen molar-refractivity contribution in [1.82, 2.24) is 9.62 Å². The van der Waals surface area contributed by atoms with Crippen LogP contribution in [-0.4, -0.2) is 45.9 Å². The highest BCUT2D eigenvalue weighted by molar-refractivity contribution is 7.89. The Morgan fingerprint density at radius 3 is 2.48 bits per heavy atom. The first-order valence-electron chi connectivity index (χ1n) is 7.90. The number of carbonyl (C=O) groups excluding carboxylic acids is 1. The van der Waals surface area contributed by atoms with E-state index in [1.54, 1.807) is 12.1 Å². The molecule has 0 fully saturated rings. The molecule has 2 aromatic carbocycles. The molecule has 0 aromatic heterocycles. The summed E-state index contributed by atoms with van der Waals surface area (Å²) in [4.78, 5) is 12.3. The van der Waals surface area contributed by atoms with Gasteiger partial charge in [-0.2, -0.15) is 0 Å². The number of para-hydroxylation sites is 1. The number of sulfonamides is 1. The molecule has 1 amide bonds. The van der Waals surface area contributed by atoms with E-state index in [2.05, 4.69) is 5.32 Å². The van der Waals surface area contributed by atoms with E-state index in [9.17, 15) is 13.2 Å². The maximum atomic E-state index is 12.2. The van der Waals surface area contributed by atoms with Crippen LogP contribution >= 0.6 is 0 Å². The molecule has 6 nitrogen and oxygen atoms in total. The van der Waals surface area contributed by atoms with Crippen molar-refractivity contribution < 1.29 is 17.9 Å². The van der Waals surface area contributed by atoms with Crippen LogP contribution in [0.3, 0.4) is 0 Å². The number of nitrogens with zero attached hydrogens (tertiary/aromatic N) is 1. The summed E-state index contributed by atoms with van der Waals surface area (Å²) in [5.41, 5.74) is 0.312. The molecule has 0 radical (unpaired) electrons. The summed E-state index contributed by atoms with van der Waals surface area (Å²) in [5, 5.41) is 2.77. The molecular weight excluding hydrogens is 340 g/mol. The van der Waals surface area contributed by atoms with Crippen LogP contribution in [0.25, 0.3) is 0 Å². The summed E-state index contributed by atoms with van der Waals surface area (Å²) < 4.78 is 30.9. The first-order chi connectivity index (χ1) is 11.9. The van der Waals surface area contributed by atoms with E-state index in [0.717, 1.165) is 10.1 Å². The summed E-state index contributed by atoms with van der Waals surface area (Å²) in [6.07, 6.45) is 0.649. The quantitative estimate of drug-likeness (QED) is 0.730. The van der Waals surface area contributed by atoms with Crippen LogP contribution in [0.2, 0.25) is 0 Å². The Kier molecular flexibility index (Phi) is 6.55. The fourth-order valence-electron chi connectivity index (χ4n) is 2.09. The predicted octanol–water partition coefficient (Wildman–Crippen LogP) is 2.14. The van der Waals surface area contributed by atoms with E-state index in [1.165, 1.54) is 26.2 Å². The number of hydrogen-bond acceptors (Lipinski definition) is 4. The average Bonchev–Trinajstić information content (AvgIpc) is 2.62. The van der Waals surface area contributed by atoms with Crippen molar-refractivity contribution in [1.29, 1.82) is 0 Å². The van der Waals surface area contributed by atoms with Crippen LogP contribution in [-0.2, 0) is 10.0 Å². The van der Waals surface area contributed by atoms with Crippen molar-refractivity contribution in [2.75, 3.05) is 27.2 Å². The monoisotopic (exact) mass is 362 g/mol. The third kappa shape index (κ3) is 5.30. The van der Waals surface area contributed by atoms with Gasteiger partial charge in [0, 0.05) is 26.2 Å². The minimum Gasteiger partial charge on any atom is -0.494 e. The van der Waals surface area contributed by atoms with E-state index in [4.69, 9.17) is 4.74 Å². The lowest BCUT2D eigenvalue weighted by Crippen LogP contribution is -2.26. The van der Waals surface area contributed by atoms with Gasteiger partial charge in [0.05, 0.1) is 11.5 Å². The molecule has 0 aliphatic heterocycles. The largest absolute Gasteiger partial charge is 0.494 e. The highest BCUT2D eigenvalue weighted by Gasteiger charge is 2.18. The molecule has 0 aliphatic carbocycles. The molecule has 2 rings (SSSR count). The summed E-state index contributed by atoms with van der Waals surface area (Å²) in [6.45, 7) is 0.926. The molecule has 0 heterocycles. The second-order valence-electron chi connectivity index (χ2n) is 5.59. The smallest absolute Gasteiger partial charge is 0.251 e. The fraction of sp³-hybridized carbons (Fsp3) is 0.278. The maximum Gasteiger partial charge on any atom is 0.251 e. The lowest BCUT2D eigenvalue weighted by molar-refractivity contribution is 0.0951. The van der Waals surface area contributed by atoms with Crippen LogP contribution < -0.4 is 10.1 Å². The zero-order chi connectivity index (χ0) is 18.3. The number of hydrogen-bond donors (Lipinski definition) is 1. The Morgan fingerprint density at radius 1 is 1.08 bits per heavy atom. The van der Waals surface area contributed by atoms with Crippen LogP contribution in [0, 0.1) is 0 Å². The average molecular weight is 362 g/mol. The molecule has 134 valence electrons. The Labute approximate surface area is 148 Å². The Morgan fingerprint density at radius 2 is 1.80 bits per heavy atom. The number of rotatable bonds is 8.